The topological polar surface area (TPSA) is 42.5 Å². The Bertz CT molecular complexity index is 864. The fourth-order valence-corrected chi connectivity index (χ4v) is 3.62. The Morgan fingerprint density at radius 2 is 1.00 bits per heavy atom. The van der Waals surface area contributed by atoms with Gasteiger partial charge in [0, 0.05) is 13.1 Å². The van der Waals surface area contributed by atoms with Crippen LogP contribution in [0.1, 0.15) is 61.8 Å². The first-order valence-corrected chi connectivity index (χ1v) is 12.7. The van der Waals surface area contributed by atoms with Crippen molar-refractivity contribution in [1.82, 2.24) is 10.6 Å². The maximum atomic E-state index is 6.00. The molecule has 4 nitrogen and oxygen atoms in total. The van der Waals surface area contributed by atoms with E-state index in [0.717, 1.165) is 48.8 Å². The van der Waals surface area contributed by atoms with Crippen LogP contribution in [0.5, 0.6) is 11.5 Å². The highest BCUT2D eigenvalue weighted by Gasteiger charge is 2.02. The van der Waals surface area contributed by atoms with Gasteiger partial charge in [0.15, 0.2) is 0 Å². The third kappa shape index (κ3) is 9.58. The summed E-state index contributed by atoms with van der Waals surface area (Å²) in [4.78, 5) is 0. The van der Waals surface area contributed by atoms with Gasteiger partial charge >= 0.3 is 0 Å². The summed E-state index contributed by atoms with van der Waals surface area (Å²) in [7, 11) is 0. The molecule has 0 aromatic heterocycles. The summed E-state index contributed by atoms with van der Waals surface area (Å²) in [6.07, 6.45) is 4.87. The van der Waals surface area contributed by atoms with E-state index in [0.29, 0.717) is 13.2 Å². The number of hydrogen-bond donors (Lipinski definition) is 2. The van der Waals surface area contributed by atoms with Gasteiger partial charge in [0.25, 0.3) is 0 Å². The van der Waals surface area contributed by atoms with E-state index in [1.165, 1.54) is 36.8 Å². The molecule has 4 heteroatoms. The fourth-order valence-electron chi connectivity index (χ4n) is 3.62. The molecule has 182 valence electrons. The van der Waals surface area contributed by atoms with Crippen molar-refractivity contribution in [1.29, 1.82) is 0 Å². The van der Waals surface area contributed by atoms with Crippen molar-refractivity contribution >= 4 is 0 Å². The van der Waals surface area contributed by atoms with Crippen molar-refractivity contribution in [2.24, 2.45) is 0 Å². The van der Waals surface area contributed by atoms with E-state index in [2.05, 4.69) is 73.0 Å². The van der Waals surface area contributed by atoms with Gasteiger partial charge in [-0.3, -0.25) is 0 Å². The molecule has 0 aliphatic rings. The number of rotatable bonds is 16. The summed E-state index contributed by atoms with van der Waals surface area (Å²) in [6.45, 7) is 9.45. The van der Waals surface area contributed by atoms with Gasteiger partial charge in [0.1, 0.15) is 24.7 Å². The van der Waals surface area contributed by atoms with E-state index >= 15 is 0 Å². The molecule has 0 aliphatic carbocycles. The van der Waals surface area contributed by atoms with E-state index in [1.54, 1.807) is 0 Å². The van der Waals surface area contributed by atoms with Gasteiger partial charge in [-0.25, -0.2) is 0 Å². The summed E-state index contributed by atoms with van der Waals surface area (Å²) in [6, 6.07) is 25.1. The molecule has 0 atom stereocenters. The van der Waals surface area contributed by atoms with Crippen molar-refractivity contribution in [2.45, 2.75) is 65.8 Å². The van der Waals surface area contributed by atoms with Crippen LogP contribution >= 0.6 is 0 Å². The summed E-state index contributed by atoms with van der Waals surface area (Å²) < 4.78 is 12.0. The number of unbranched alkanes of at least 4 members (excludes halogenated alkanes) is 2. The molecule has 2 N–H and O–H groups in total. The molecule has 3 rings (SSSR count). The maximum absolute atomic E-state index is 6.00. The van der Waals surface area contributed by atoms with E-state index in [1.807, 2.05) is 24.3 Å². The molecular formula is C30H40N2O2. The highest BCUT2D eigenvalue weighted by Crippen LogP contribution is 2.17. The first-order valence-electron chi connectivity index (χ1n) is 12.7. The first-order chi connectivity index (χ1) is 16.8. The molecule has 0 aliphatic heterocycles. The van der Waals surface area contributed by atoms with Gasteiger partial charge in [0.05, 0.1) is 0 Å². The van der Waals surface area contributed by atoms with Crippen LogP contribution in [0.25, 0.3) is 0 Å². The molecule has 0 saturated heterocycles. The van der Waals surface area contributed by atoms with Crippen LogP contribution in [0.4, 0.5) is 0 Å². The van der Waals surface area contributed by atoms with Crippen molar-refractivity contribution in [3.05, 3.63) is 95.1 Å². The number of nitrogens with one attached hydrogen (secondary N) is 2. The zero-order valence-corrected chi connectivity index (χ0v) is 20.8. The lowest BCUT2D eigenvalue weighted by atomic mass is 10.1. The minimum atomic E-state index is 0.543. The molecule has 0 heterocycles. The minimum Gasteiger partial charge on any atom is -0.489 e. The van der Waals surface area contributed by atoms with Crippen LogP contribution in [-0.2, 0) is 26.3 Å². The predicted molar refractivity (Wildman–Crippen MR) is 141 cm³/mol. The third-order valence-electron chi connectivity index (χ3n) is 5.72. The van der Waals surface area contributed by atoms with Crippen LogP contribution in [0, 0.1) is 0 Å². The molecular weight excluding hydrogens is 420 g/mol. The lowest BCUT2D eigenvalue weighted by Gasteiger charge is -2.11. The molecule has 0 unspecified atom stereocenters. The van der Waals surface area contributed by atoms with Crippen LogP contribution in [0.3, 0.4) is 0 Å². The zero-order valence-electron chi connectivity index (χ0n) is 20.8. The summed E-state index contributed by atoms with van der Waals surface area (Å²) in [5, 5.41) is 6.94. The van der Waals surface area contributed by atoms with Crippen LogP contribution < -0.4 is 20.1 Å². The quantitative estimate of drug-likeness (QED) is 0.236. The first kappa shape index (κ1) is 25.8. The van der Waals surface area contributed by atoms with Crippen molar-refractivity contribution in [2.75, 3.05) is 13.1 Å². The van der Waals surface area contributed by atoms with E-state index in [-0.39, 0.29) is 0 Å². The molecule has 0 bridgehead atoms. The zero-order chi connectivity index (χ0) is 23.8. The summed E-state index contributed by atoms with van der Waals surface area (Å²) >= 11 is 0. The third-order valence-corrected chi connectivity index (χ3v) is 5.72. The SMILES string of the molecule is CCCCNCc1ccc(OCc2cccc(COc3ccc(CNCCCC)cc3)c2)cc1. The number of benzene rings is 3. The maximum Gasteiger partial charge on any atom is 0.119 e. The second-order valence-electron chi connectivity index (χ2n) is 8.75. The van der Waals surface area contributed by atoms with Crippen LogP contribution in [-0.4, -0.2) is 13.1 Å². The van der Waals surface area contributed by atoms with Gasteiger partial charge in [-0.1, -0.05) is 69.2 Å². The lowest BCUT2D eigenvalue weighted by Crippen LogP contribution is -2.14. The van der Waals surface area contributed by atoms with E-state index < -0.39 is 0 Å². The summed E-state index contributed by atoms with van der Waals surface area (Å²) in [5.41, 5.74) is 4.84. The predicted octanol–water partition coefficient (Wildman–Crippen LogP) is 6.62. The van der Waals surface area contributed by atoms with E-state index in [4.69, 9.17) is 9.47 Å². The summed E-state index contributed by atoms with van der Waals surface area (Å²) in [5.74, 6) is 1.78. The number of ether oxygens (including phenoxy) is 2. The standard InChI is InChI=1S/C30H40N2O2/c1-3-5-18-31-21-25-10-14-29(15-11-25)33-23-27-8-7-9-28(20-27)24-34-30-16-12-26(13-17-30)22-32-19-6-4-2/h7-17,20,31-32H,3-6,18-19,21-24H2,1-2H3. The van der Waals surface area contributed by atoms with Gasteiger partial charge in [-0.2, -0.15) is 0 Å². The highest BCUT2D eigenvalue weighted by molar-refractivity contribution is 5.30. The van der Waals surface area contributed by atoms with Gasteiger partial charge in [0.2, 0.25) is 0 Å². The van der Waals surface area contributed by atoms with Gasteiger partial charge in [-0.05, 0) is 78.5 Å². The van der Waals surface area contributed by atoms with Gasteiger partial charge in [-0.15, -0.1) is 0 Å². The number of hydrogen-bond acceptors (Lipinski definition) is 4. The second kappa shape index (κ2) is 15.2. The monoisotopic (exact) mass is 460 g/mol. The molecule has 3 aromatic rings. The average molecular weight is 461 g/mol. The molecule has 0 saturated carbocycles. The Labute approximate surface area is 205 Å². The van der Waals surface area contributed by atoms with E-state index in [9.17, 15) is 0 Å². The fraction of sp³-hybridized carbons (Fsp3) is 0.400. The highest BCUT2D eigenvalue weighted by atomic mass is 16.5. The van der Waals surface area contributed by atoms with Crippen molar-refractivity contribution < 1.29 is 9.47 Å². The Kier molecular flexibility index (Phi) is 11.5. The lowest BCUT2D eigenvalue weighted by molar-refractivity contribution is 0.300. The molecule has 34 heavy (non-hydrogen) atoms. The average Bonchev–Trinajstić information content (AvgIpc) is 2.88. The van der Waals surface area contributed by atoms with Crippen LogP contribution in [0.2, 0.25) is 0 Å². The molecule has 0 amide bonds. The molecule has 0 spiro atoms. The Balaban J connectivity index is 1.41. The van der Waals surface area contributed by atoms with Gasteiger partial charge < -0.3 is 20.1 Å². The normalized spacial score (nSPS) is 10.9. The minimum absolute atomic E-state index is 0.543. The molecule has 0 fully saturated rings. The van der Waals surface area contributed by atoms with Crippen molar-refractivity contribution in [3.8, 4) is 11.5 Å². The van der Waals surface area contributed by atoms with Crippen molar-refractivity contribution in [3.63, 3.8) is 0 Å². The Morgan fingerprint density at radius 1 is 0.559 bits per heavy atom. The Morgan fingerprint density at radius 3 is 1.41 bits per heavy atom. The second-order valence-corrected chi connectivity index (χ2v) is 8.75. The largest absolute Gasteiger partial charge is 0.489 e. The Hall–Kier alpha value is -2.82. The molecule has 3 aromatic carbocycles. The molecule has 0 radical (unpaired) electrons. The smallest absolute Gasteiger partial charge is 0.119 e. The van der Waals surface area contributed by atoms with Crippen LogP contribution in [0.15, 0.2) is 72.8 Å².